The average Bonchev–Trinajstić information content (AvgIpc) is 2.97. The summed E-state index contributed by atoms with van der Waals surface area (Å²) in [5.74, 6) is 0.284. The van der Waals surface area contributed by atoms with E-state index in [0.29, 0.717) is 18.1 Å². The van der Waals surface area contributed by atoms with Gasteiger partial charge in [-0.3, -0.25) is 0 Å². The number of nitrogens with one attached hydrogen (secondary N) is 1. The molecule has 21 heavy (non-hydrogen) atoms. The summed E-state index contributed by atoms with van der Waals surface area (Å²) in [5.41, 5.74) is 2.20. The summed E-state index contributed by atoms with van der Waals surface area (Å²) in [7, 11) is 0. The SMILES string of the molecule is CCOC(=O)C1=C(c2ccccc2)Nc2ncnn2C1C. The van der Waals surface area contributed by atoms with Crippen LogP contribution in [0.2, 0.25) is 0 Å². The molecule has 1 atom stereocenters. The molecule has 0 radical (unpaired) electrons. The first-order chi connectivity index (χ1) is 10.2. The second kappa shape index (κ2) is 5.40. The largest absolute Gasteiger partial charge is 0.463 e. The van der Waals surface area contributed by atoms with Gasteiger partial charge in [0.05, 0.1) is 23.9 Å². The molecule has 1 aliphatic heterocycles. The Morgan fingerprint density at radius 1 is 1.38 bits per heavy atom. The molecule has 0 spiro atoms. The smallest absolute Gasteiger partial charge is 0.338 e. The molecule has 3 rings (SSSR count). The standard InChI is InChI=1S/C15H16N4O2/c1-3-21-14(20)12-10(2)19-15(16-9-17-19)18-13(12)11-7-5-4-6-8-11/h4-10H,3H2,1-2H3,(H,16,17,18). The van der Waals surface area contributed by atoms with Crippen molar-refractivity contribution in [2.75, 3.05) is 11.9 Å². The fourth-order valence-electron chi connectivity index (χ4n) is 2.45. The molecule has 0 amide bonds. The second-order valence-corrected chi connectivity index (χ2v) is 4.70. The third-order valence-corrected chi connectivity index (χ3v) is 3.42. The van der Waals surface area contributed by atoms with E-state index in [1.165, 1.54) is 6.33 Å². The number of ether oxygens (including phenoxy) is 1. The van der Waals surface area contributed by atoms with E-state index >= 15 is 0 Å². The van der Waals surface area contributed by atoms with Crippen LogP contribution < -0.4 is 5.32 Å². The van der Waals surface area contributed by atoms with Gasteiger partial charge in [0, 0.05) is 0 Å². The van der Waals surface area contributed by atoms with Gasteiger partial charge in [0.2, 0.25) is 5.95 Å². The molecule has 1 unspecified atom stereocenters. The molecule has 2 aromatic rings. The molecule has 6 heteroatoms. The molecule has 1 aromatic heterocycles. The van der Waals surface area contributed by atoms with Crippen molar-refractivity contribution in [3.05, 3.63) is 47.8 Å². The summed E-state index contributed by atoms with van der Waals surface area (Å²) in [6.45, 7) is 4.04. The lowest BCUT2D eigenvalue weighted by atomic mass is 9.99. The molecular weight excluding hydrogens is 268 g/mol. The number of nitrogens with zero attached hydrogens (tertiary/aromatic N) is 3. The molecular formula is C15H16N4O2. The van der Waals surface area contributed by atoms with Crippen molar-refractivity contribution in [3.8, 4) is 0 Å². The van der Waals surface area contributed by atoms with E-state index < -0.39 is 0 Å². The molecule has 0 bridgehead atoms. The molecule has 0 saturated heterocycles. The fourth-order valence-corrected chi connectivity index (χ4v) is 2.45. The van der Waals surface area contributed by atoms with E-state index in [1.54, 1.807) is 11.6 Å². The first-order valence-corrected chi connectivity index (χ1v) is 6.85. The highest BCUT2D eigenvalue weighted by atomic mass is 16.5. The lowest BCUT2D eigenvalue weighted by molar-refractivity contribution is -0.139. The zero-order chi connectivity index (χ0) is 14.8. The van der Waals surface area contributed by atoms with E-state index in [2.05, 4.69) is 15.4 Å². The van der Waals surface area contributed by atoms with E-state index in [-0.39, 0.29) is 12.0 Å². The van der Waals surface area contributed by atoms with Crippen LogP contribution in [-0.4, -0.2) is 27.3 Å². The number of hydrogen-bond acceptors (Lipinski definition) is 5. The molecule has 108 valence electrons. The molecule has 1 N–H and O–H groups in total. The van der Waals surface area contributed by atoms with Gasteiger partial charge in [-0.25, -0.2) is 9.48 Å². The Kier molecular flexibility index (Phi) is 3.43. The van der Waals surface area contributed by atoms with Gasteiger partial charge >= 0.3 is 5.97 Å². The zero-order valence-corrected chi connectivity index (χ0v) is 11.9. The van der Waals surface area contributed by atoms with Crippen LogP contribution in [0.4, 0.5) is 5.95 Å². The van der Waals surface area contributed by atoms with Gasteiger partial charge in [-0.1, -0.05) is 30.3 Å². The van der Waals surface area contributed by atoms with Gasteiger partial charge in [0.15, 0.2) is 0 Å². The van der Waals surface area contributed by atoms with Gasteiger partial charge in [0.25, 0.3) is 0 Å². The summed E-state index contributed by atoms with van der Waals surface area (Å²) in [6.07, 6.45) is 1.47. The van der Waals surface area contributed by atoms with Crippen molar-refractivity contribution in [1.82, 2.24) is 14.8 Å². The van der Waals surface area contributed by atoms with Crippen LogP contribution >= 0.6 is 0 Å². The first-order valence-electron chi connectivity index (χ1n) is 6.85. The number of aromatic nitrogens is 3. The molecule has 0 fully saturated rings. The molecule has 6 nitrogen and oxygen atoms in total. The van der Waals surface area contributed by atoms with Crippen LogP contribution in [0, 0.1) is 0 Å². The van der Waals surface area contributed by atoms with Crippen LogP contribution in [0.25, 0.3) is 5.70 Å². The third kappa shape index (κ3) is 2.29. The van der Waals surface area contributed by atoms with E-state index in [9.17, 15) is 4.79 Å². The summed E-state index contributed by atoms with van der Waals surface area (Å²) in [4.78, 5) is 16.5. The maximum absolute atomic E-state index is 12.3. The predicted molar refractivity (Wildman–Crippen MR) is 78.4 cm³/mol. The minimum absolute atomic E-state index is 0.238. The topological polar surface area (TPSA) is 69.0 Å². The van der Waals surface area contributed by atoms with Crippen molar-refractivity contribution in [3.63, 3.8) is 0 Å². The zero-order valence-electron chi connectivity index (χ0n) is 11.9. The van der Waals surface area contributed by atoms with Crippen LogP contribution in [0.15, 0.2) is 42.2 Å². The Morgan fingerprint density at radius 3 is 2.86 bits per heavy atom. The highest BCUT2D eigenvalue weighted by Crippen LogP contribution is 2.34. The summed E-state index contributed by atoms with van der Waals surface area (Å²) in [5, 5.41) is 7.34. The first kappa shape index (κ1) is 13.4. The summed E-state index contributed by atoms with van der Waals surface area (Å²) < 4.78 is 6.88. The highest BCUT2D eigenvalue weighted by Gasteiger charge is 2.31. The Hall–Kier alpha value is -2.63. The second-order valence-electron chi connectivity index (χ2n) is 4.70. The minimum Gasteiger partial charge on any atom is -0.463 e. The normalized spacial score (nSPS) is 17.1. The number of carbonyl (C=O) groups is 1. The van der Waals surface area contributed by atoms with Crippen molar-refractivity contribution in [2.24, 2.45) is 0 Å². The van der Waals surface area contributed by atoms with E-state index in [4.69, 9.17) is 4.74 Å². The van der Waals surface area contributed by atoms with Crippen molar-refractivity contribution < 1.29 is 9.53 Å². The maximum Gasteiger partial charge on any atom is 0.338 e. The number of carbonyl (C=O) groups excluding carboxylic acids is 1. The third-order valence-electron chi connectivity index (χ3n) is 3.42. The van der Waals surface area contributed by atoms with Crippen molar-refractivity contribution in [2.45, 2.75) is 19.9 Å². The molecule has 0 saturated carbocycles. The monoisotopic (exact) mass is 284 g/mol. The number of rotatable bonds is 3. The predicted octanol–water partition coefficient (Wildman–Crippen LogP) is 2.24. The van der Waals surface area contributed by atoms with Gasteiger partial charge in [0.1, 0.15) is 6.33 Å². The number of esters is 1. The number of benzene rings is 1. The molecule has 1 aromatic carbocycles. The average molecular weight is 284 g/mol. The summed E-state index contributed by atoms with van der Waals surface area (Å²) in [6, 6.07) is 9.44. The van der Waals surface area contributed by atoms with Crippen LogP contribution in [-0.2, 0) is 9.53 Å². The quantitative estimate of drug-likeness (QED) is 0.875. The molecule has 2 heterocycles. The van der Waals surface area contributed by atoms with Gasteiger partial charge in [-0.15, -0.1) is 0 Å². The molecule has 1 aliphatic rings. The summed E-state index contributed by atoms with van der Waals surface area (Å²) >= 11 is 0. The van der Waals surface area contributed by atoms with Crippen LogP contribution in [0.1, 0.15) is 25.5 Å². The van der Waals surface area contributed by atoms with Crippen LogP contribution in [0.5, 0.6) is 0 Å². The van der Waals surface area contributed by atoms with Crippen molar-refractivity contribution in [1.29, 1.82) is 0 Å². The number of fused-ring (bicyclic) bond motifs is 1. The van der Waals surface area contributed by atoms with Crippen molar-refractivity contribution >= 4 is 17.6 Å². The highest BCUT2D eigenvalue weighted by molar-refractivity contribution is 6.01. The minimum atomic E-state index is -0.336. The van der Waals surface area contributed by atoms with Gasteiger partial charge < -0.3 is 10.1 Å². The lowest BCUT2D eigenvalue weighted by Gasteiger charge is -2.26. The Labute approximate surface area is 122 Å². The number of anilines is 1. The number of hydrogen-bond donors (Lipinski definition) is 1. The van der Waals surface area contributed by atoms with Crippen LogP contribution in [0.3, 0.4) is 0 Å². The maximum atomic E-state index is 12.3. The lowest BCUT2D eigenvalue weighted by Crippen LogP contribution is -2.27. The van der Waals surface area contributed by atoms with Gasteiger partial charge in [-0.05, 0) is 19.4 Å². The van der Waals surface area contributed by atoms with E-state index in [1.807, 2.05) is 37.3 Å². The fraction of sp³-hybridized carbons (Fsp3) is 0.267. The Morgan fingerprint density at radius 2 is 2.14 bits per heavy atom. The van der Waals surface area contributed by atoms with Gasteiger partial charge in [-0.2, -0.15) is 10.1 Å². The Balaban J connectivity index is 2.13. The van der Waals surface area contributed by atoms with E-state index in [0.717, 1.165) is 11.3 Å². The molecule has 0 aliphatic carbocycles. The Bertz CT molecular complexity index is 691.